The van der Waals surface area contributed by atoms with Crippen molar-refractivity contribution in [2.75, 3.05) is 26.8 Å². The predicted molar refractivity (Wildman–Crippen MR) is 76.7 cm³/mol. The molecule has 0 saturated heterocycles. The van der Waals surface area contributed by atoms with Crippen LogP contribution in [0.4, 0.5) is 0 Å². The van der Waals surface area contributed by atoms with Crippen LogP contribution >= 0.6 is 0 Å². The van der Waals surface area contributed by atoms with E-state index in [1.807, 2.05) is 13.8 Å². The number of methoxy groups -OCH3 is 1. The van der Waals surface area contributed by atoms with E-state index < -0.39 is 0 Å². The van der Waals surface area contributed by atoms with Gasteiger partial charge in [-0.2, -0.15) is 0 Å². The van der Waals surface area contributed by atoms with Crippen LogP contribution in [0.15, 0.2) is 0 Å². The smallest absolute Gasteiger partial charge is 0.0773 e. The normalized spacial score (nSPS) is 14.5. The van der Waals surface area contributed by atoms with Crippen molar-refractivity contribution in [1.29, 1.82) is 0 Å². The lowest BCUT2D eigenvalue weighted by atomic mass is 9.96. The summed E-state index contributed by atoms with van der Waals surface area (Å²) in [5.74, 6) is 0. The highest BCUT2D eigenvalue weighted by Gasteiger charge is 2.26. The highest BCUT2D eigenvalue weighted by molar-refractivity contribution is 4.84. The maximum absolute atomic E-state index is 9.15. The molecule has 0 bridgehead atoms. The van der Waals surface area contributed by atoms with Crippen molar-refractivity contribution >= 4 is 0 Å². The third kappa shape index (κ3) is 5.65. The van der Waals surface area contributed by atoms with Gasteiger partial charge in [0, 0.05) is 32.3 Å². The molecule has 0 aromatic carbocycles. The zero-order valence-electron chi connectivity index (χ0n) is 12.8. The molecule has 0 aromatic heterocycles. The van der Waals surface area contributed by atoms with Gasteiger partial charge in [0.05, 0.1) is 12.2 Å². The summed E-state index contributed by atoms with van der Waals surface area (Å²) in [6, 6.07) is 0.549. The summed E-state index contributed by atoms with van der Waals surface area (Å²) in [6.07, 6.45) is 3.11. The lowest BCUT2D eigenvalue weighted by molar-refractivity contribution is -0.00535. The van der Waals surface area contributed by atoms with Crippen molar-refractivity contribution in [3.05, 3.63) is 0 Å². The van der Waals surface area contributed by atoms with Crippen molar-refractivity contribution in [3.8, 4) is 0 Å². The number of hydrogen-bond acceptors (Lipinski definition) is 4. The quantitative estimate of drug-likeness (QED) is 0.626. The molecule has 0 spiro atoms. The molecule has 18 heavy (non-hydrogen) atoms. The van der Waals surface area contributed by atoms with Crippen molar-refractivity contribution in [1.82, 2.24) is 4.90 Å². The maximum atomic E-state index is 9.15. The number of ether oxygens (including phenoxy) is 1. The van der Waals surface area contributed by atoms with Gasteiger partial charge in [-0.15, -0.1) is 0 Å². The molecule has 0 rings (SSSR count). The summed E-state index contributed by atoms with van der Waals surface area (Å²) >= 11 is 0. The zero-order chi connectivity index (χ0) is 14.2. The molecule has 4 heteroatoms. The van der Waals surface area contributed by atoms with Gasteiger partial charge >= 0.3 is 0 Å². The van der Waals surface area contributed by atoms with Crippen LogP contribution in [0, 0.1) is 0 Å². The molecule has 1 unspecified atom stereocenters. The van der Waals surface area contributed by atoms with Crippen molar-refractivity contribution in [2.45, 2.75) is 64.6 Å². The minimum absolute atomic E-state index is 0.0121. The molecular formula is C14H32N2O2. The summed E-state index contributed by atoms with van der Waals surface area (Å²) in [6.45, 7) is 10.3. The first kappa shape index (κ1) is 17.8. The molecule has 0 amide bonds. The summed E-state index contributed by atoms with van der Waals surface area (Å²) in [4.78, 5) is 2.34. The number of nitrogens with zero attached hydrogens (tertiary/aromatic N) is 1. The summed E-state index contributed by atoms with van der Waals surface area (Å²) in [5, 5.41) is 9.15. The maximum Gasteiger partial charge on any atom is 0.0773 e. The Hall–Kier alpha value is -0.160. The molecular weight excluding hydrogens is 228 g/mol. The first-order valence-electron chi connectivity index (χ1n) is 7.08. The summed E-state index contributed by atoms with van der Waals surface area (Å²) < 4.78 is 5.41. The number of aliphatic hydroxyl groups is 1. The second-order valence-corrected chi connectivity index (χ2v) is 5.43. The molecule has 0 radical (unpaired) electrons. The van der Waals surface area contributed by atoms with Crippen molar-refractivity contribution < 1.29 is 9.84 Å². The van der Waals surface area contributed by atoms with Gasteiger partial charge in [0.2, 0.25) is 0 Å². The van der Waals surface area contributed by atoms with Crippen LogP contribution in [0.5, 0.6) is 0 Å². The van der Waals surface area contributed by atoms with Crippen LogP contribution in [0.2, 0.25) is 0 Å². The van der Waals surface area contributed by atoms with Crippen LogP contribution in [-0.2, 0) is 4.74 Å². The lowest BCUT2D eigenvalue weighted by Gasteiger charge is -2.34. The van der Waals surface area contributed by atoms with E-state index in [0.29, 0.717) is 6.04 Å². The van der Waals surface area contributed by atoms with Crippen LogP contribution < -0.4 is 5.73 Å². The number of rotatable bonds is 10. The Labute approximate surface area is 112 Å². The second kappa shape index (κ2) is 8.86. The largest absolute Gasteiger partial charge is 0.395 e. The van der Waals surface area contributed by atoms with E-state index in [2.05, 4.69) is 18.7 Å². The molecule has 0 heterocycles. The third-order valence-electron chi connectivity index (χ3n) is 3.99. The third-order valence-corrected chi connectivity index (χ3v) is 3.99. The Morgan fingerprint density at radius 1 is 1.22 bits per heavy atom. The molecule has 0 aromatic rings. The van der Waals surface area contributed by atoms with Crippen LogP contribution in [0.1, 0.15) is 47.0 Å². The number of nitrogens with two attached hydrogens (primary N) is 1. The Bertz CT molecular complexity index is 206. The van der Waals surface area contributed by atoms with E-state index in [4.69, 9.17) is 15.6 Å². The van der Waals surface area contributed by atoms with E-state index in [9.17, 15) is 0 Å². The molecule has 1 atom stereocenters. The zero-order valence-corrected chi connectivity index (χ0v) is 12.8. The van der Waals surface area contributed by atoms with E-state index in [1.54, 1.807) is 7.11 Å². The minimum Gasteiger partial charge on any atom is -0.395 e. The fraction of sp³-hybridized carbons (Fsp3) is 1.00. The summed E-state index contributed by atoms with van der Waals surface area (Å²) in [5.41, 5.74) is 5.88. The van der Waals surface area contributed by atoms with Crippen molar-refractivity contribution in [3.63, 3.8) is 0 Å². The second-order valence-electron chi connectivity index (χ2n) is 5.43. The van der Waals surface area contributed by atoms with Crippen LogP contribution in [-0.4, -0.2) is 54.5 Å². The molecule has 0 aliphatic rings. The fourth-order valence-corrected chi connectivity index (χ4v) is 2.21. The summed E-state index contributed by atoms with van der Waals surface area (Å²) in [7, 11) is 1.70. The SMILES string of the molecule is CCC(CC)N(CCO)CCC(N)C(C)(C)OC. The topological polar surface area (TPSA) is 58.7 Å². The number of hydrogen-bond donors (Lipinski definition) is 2. The highest BCUT2D eigenvalue weighted by Crippen LogP contribution is 2.16. The van der Waals surface area contributed by atoms with E-state index in [1.165, 1.54) is 0 Å². The lowest BCUT2D eigenvalue weighted by Crippen LogP contribution is -2.48. The van der Waals surface area contributed by atoms with Gasteiger partial charge in [-0.05, 0) is 33.1 Å². The van der Waals surface area contributed by atoms with Gasteiger partial charge < -0.3 is 15.6 Å². The molecule has 0 fully saturated rings. The van der Waals surface area contributed by atoms with Crippen molar-refractivity contribution in [2.24, 2.45) is 5.73 Å². The molecule has 0 aliphatic carbocycles. The Kier molecular flexibility index (Phi) is 8.78. The minimum atomic E-state index is -0.293. The molecule has 0 saturated carbocycles. The molecule has 3 N–H and O–H groups in total. The first-order valence-corrected chi connectivity index (χ1v) is 7.08. The Balaban J connectivity index is 4.34. The van der Waals surface area contributed by atoms with E-state index in [-0.39, 0.29) is 18.2 Å². The van der Waals surface area contributed by atoms with Gasteiger partial charge in [0.25, 0.3) is 0 Å². The molecule has 110 valence electrons. The van der Waals surface area contributed by atoms with Gasteiger partial charge in [0.1, 0.15) is 0 Å². The molecule has 4 nitrogen and oxygen atoms in total. The monoisotopic (exact) mass is 260 g/mol. The Morgan fingerprint density at radius 2 is 1.78 bits per heavy atom. The fourth-order valence-electron chi connectivity index (χ4n) is 2.21. The van der Waals surface area contributed by atoms with Gasteiger partial charge in [-0.3, -0.25) is 4.90 Å². The van der Waals surface area contributed by atoms with E-state index in [0.717, 1.165) is 32.4 Å². The average molecular weight is 260 g/mol. The van der Waals surface area contributed by atoms with Crippen LogP contribution in [0.3, 0.4) is 0 Å². The highest BCUT2D eigenvalue weighted by atomic mass is 16.5. The first-order chi connectivity index (χ1) is 8.42. The van der Waals surface area contributed by atoms with Crippen LogP contribution in [0.25, 0.3) is 0 Å². The predicted octanol–water partition coefficient (Wildman–Crippen LogP) is 1.61. The van der Waals surface area contributed by atoms with Gasteiger partial charge in [-0.25, -0.2) is 0 Å². The standard InChI is InChI=1S/C14H32N2O2/c1-6-12(7-2)16(10-11-17)9-8-13(15)14(3,4)18-5/h12-13,17H,6-11,15H2,1-5H3. The molecule has 0 aliphatic heterocycles. The van der Waals surface area contributed by atoms with Gasteiger partial charge in [-0.1, -0.05) is 13.8 Å². The Morgan fingerprint density at radius 3 is 2.17 bits per heavy atom. The number of aliphatic hydroxyl groups excluding tert-OH is 1. The van der Waals surface area contributed by atoms with Gasteiger partial charge in [0.15, 0.2) is 0 Å². The van der Waals surface area contributed by atoms with E-state index >= 15 is 0 Å². The average Bonchev–Trinajstić information content (AvgIpc) is 2.36.